The van der Waals surface area contributed by atoms with Crippen molar-refractivity contribution in [2.24, 2.45) is 0 Å². The Morgan fingerprint density at radius 1 is 1.30 bits per heavy atom. The number of rotatable bonds is 1. The molecule has 1 nitrogen and oxygen atoms in total. The van der Waals surface area contributed by atoms with Crippen LogP contribution in [0.5, 0.6) is 0 Å². The summed E-state index contributed by atoms with van der Waals surface area (Å²) >= 11 is 11.5. The van der Waals surface area contributed by atoms with Crippen LogP contribution in [0.3, 0.4) is 0 Å². The van der Waals surface area contributed by atoms with E-state index in [0.29, 0.717) is 10.0 Å². The molecule has 0 aliphatic rings. The monoisotopic (exact) mass is 175 g/mol. The maximum absolute atomic E-state index is 5.78. The highest BCUT2D eigenvalue weighted by Crippen LogP contribution is 2.24. The Morgan fingerprint density at radius 3 is 2.50 bits per heavy atom. The van der Waals surface area contributed by atoms with E-state index in [2.05, 4.69) is 5.32 Å². The van der Waals surface area contributed by atoms with Gasteiger partial charge in [-0.3, -0.25) is 0 Å². The third-order valence-corrected chi connectivity index (χ3v) is 1.76. The number of halogens is 2. The van der Waals surface area contributed by atoms with Gasteiger partial charge in [-0.1, -0.05) is 23.2 Å². The fourth-order valence-electron chi connectivity index (χ4n) is 0.689. The van der Waals surface area contributed by atoms with Crippen molar-refractivity contribution < 1.29 is 0 Å². The van der Waals surface area contributed by atoms with Crippen molar-refractivity contribution in [1.29, 1.82) is 0 Å². The standard InChI is InChI=1S/C7H7Cl2N/c1-10-7-4-5(8)2-3-6(7)9/h2-4,10H,1H3. The predicted molar refractivity (Wildman–Crippen MR) is 46.0 cm³/mol. The van der Waals surface area contributed by atoms with E-state index in [4.69, 9.17) is 23.2 Å². The van der Waals surface area contributed by atoms with E-state index in [1.54, 1.807) is 25.2 Å². The zero-order valence-electron chi connectivity index (χ0n) is 5.49. The molecule has 0 aliphatic heterocycles. The summed E-state index contributed by atoms with van der Waals surface area (Å²) in [6, 6.07) is 5.30. The van der Waals surface area contributed by atoms with Gasteiger partial charge in [-0.2, -0.15) is 0 Å². The molecule has 1 rings (SSSR count). The van der Waals surface area contributed by atoms with Gasteiger partial charge < -0.3 is 5.32 Å². The number of anilines is 1. The zero-order valence-corrected chi connectivity index (χ0v) is 7.00. The minimum Gasteiger partial charge on any atom is -0.387 e. The molecule has 0 radical (unpaired) electrons. The summed E-state index contributed by atoms with van der Waals surface area (Å²) in [6.07, 6.45) is 0. The third-order valence-electron chi connectivity index (χ3n) is 1.20. The molecular weight excluding hydrogens is 169 g/mol. The summed E-state index contributed by atoms with van der Waals surface area (Å²) < 4.78 is 0. The molecule has 1 N–H and O–H groups in total. The summed E-state index contributed by atoms with van der Waals surface area (Å²) in [5, 5.41) is 4.30. The van der Waals surface area contributed by atoms with Gasteiger partial charge in [0.25, 0.3) is 0 Å². The second kappa shape index (κ2) is 3.13. The largest absolute Gasteiger partial charge is 0.387 e. The fourth-order valence-corrected chi connectivity index (χ4v) is 1.07. The van der Waals surface area contributed by atoms with E-state index < -0.39 is 0 Å². The topological polar surface area (TPSA) is 12.0 Å². The Balaban J connectivity index is 3.09. The van der Waals surface area contributed by atoms with E-state index in [0.717, 1.165) is 5.69 Å². The molecule has 0 saturated heterocycles. The molecule has 0 bridgehead atoms. The van der Waals surface area contributed by atoms with Crippen molar-refractivity contribution in [3.8, 4) is 0 Å². The van der Waals surface area contributed by atoms with Crippen LogP contribution >= 0.6 is 23.2 Å². The lowest BCUT2D eigenvalue weighted by molar-refractivity contribution is 1.51. The molecule has 10 heavy (non-hydrogen) atoms. The van der Waals surface area contributed by atoms with Crippen molar-refractivity contribution in [1.82, 2.24) is 0 Å². The molecule has 0 aromatic heterocycles. The van der Waals surface area contributed by atoms with E-state index in [9.17, 15) is 0 Å². The van der Waals surface area contributed by atoms with Gasteiger partial charge in [0.1, 0.15) is 0 Å². The lowest BCUT2D eigenvalue weighted by Gasteiger charge is -2.01. The van der Waals surface area contributed by atoms with Gasteiger partial charge in [0.2, 0.25) is 0 Å². The van der Waals surface area contributed by atoms with Crippen LogP contribution in [0.25, 0.3) is 0 Å². The quantitative estimate of drug-likeness (QED) is 0.693. The van der Waals surface area contributed by atoms with E-state index in [-0.39, 0.29) is 0 Å². The maximum Gasteiger partial charge on any atom is 0.0638 e. The minimum atomic E-state index is 0.687. The molecule has 0 unspecified atom stereocenters. The molecule has 0 aliphatic carbocycles. The third kappa shape index (κ3) is 1.55. The Hall–Kier alpha value is -0.400. The number of hydrogen-bond donors (Lipinski definition) is 1. The number of hydrogen-bond acceptors (Lipinski definition) is 1. The molecule has 1 aromatic rings. The van der Waals surface area contributed by atoms with Crippen molar-refractivity contribution >= 4 is 28.9 Å². The second-order valence-corrected chi connectivity index (χ2v) is 2.72. The van der Waals surface area contributed by atoms with E-state index >= 15 is 0 Å². The van der Waals surface area contributed by atoms with Crippen LogP contribution in [-0.2, 0) is 0 Å². The van der Waals surface area contributed by atoms with Gasteiger partial charge in [-0.25, -0.2) is 0 Å². The average Bonchev–Trinajstić information content (AvgIpc) is 1.94. The molecule has 54 valence electrons. The molecule has 0 amide bonds. The van der Waals surface area contributed by atoms with Crippen LogP contribution in [0, 0.1) is 0 Å². The first-order valence-corrected chi connectivity index (χ1v) is 3.62. The maximum atomic E-state index is 5.78. The van der Waals surface area contributed by atoms with Gasteiger partial charge in [0, 0.05) is 12.1 Å². The fraction of sp³-hybridized carbons (Fsp3) is 0.143. The summed E-state index contributed by atoms with van der Waals surface area (Å²) in [4.78, 5) is 0. The Bertz CT molecular complexity index is 235. The molecule has 0 fully saturated rings. The normalized spacial score (nSPS) is 9.50. The molecule has 0 heterocycles. The average molecular weight is 176 g/mol. The Morgan fingerprint density at radius 2 is 2.00 bits per heavy atom. The highest BCUT2D eigenvalue weighted by Gasteiger charge is 1.96. The van der Waals surface area contributed by atoms with Crippen molar-refractivity contribution in [2.45, 2.75) is 0 Å². The summed E-state index contributed by atoms with van der Waals surface area (Å²) in [5.74, 6) is 0. The van der Waals surface area contributed by atoms with Crippen LogP contribution < -0.4 is 5.32 Å². The molecular formula is C7H7Cl2N. The van der Waals surface area contributed by atoms with Crippen molar-refractivity contribution in [3.63, 3.8) is 0 Å². The first-order chi connectivity index (χ1) is 4.74. The van der Waals surface area contributed by atoms with E-state index in [1.165, 1.54) is 0 Å². The van der Waals surface area contributed by atoms with Gasteiger partial charge in [0.15, 0.2) is 0 Å². The molecule has 0 atom stereocenters. The zero-order chi connectivity index (χ0) is 7.56. The SMILES string of the molecule is CNc1cc(Cl)ccc1Cl. The second-order valence-electron chi connectivity index (χ2n) is 1.87. The number of nitrogens with one attached hydrogen (secondary N) is 1. The first-order valence-electron chi connectivity index (χ1n) is 2.87. The van der Waals surface area contributed by atoms with Gasteiger partial charge in [-0.05, 0) is 18.2 Å². The summed E-state index contributed by atoms with van der Waals surface area (Å²) in [7, 11) is 1.80. The van der Waals surface area contributed by atoms with Crippen LogP contribution in [0.15, 0.2) is 18.2 Å². The molecule has 1 aromatic carbocycles. The predicted octanol–water partition coefficient (Wildman–Crippen LogP) is 3.04. The minimum absolute atomic E-state index is 0.687. The lowest BCUT2D eigenvalue weighted by Crippen LogP contribution is -1.87. The van der Waals surface area contributed by atoms with Crippen LogP contribution in [0.2, 0.25) is 10.0 Å². The van der Waals surface area contributed by atoms with Crippen molar-refractivity contribution in [2.75, 3.05) is 12.4 Å². The molecule has 0 spiro atoms. The van der Waals surface area contributed by atoms with Crippen LogP contribution in [0.4, 0.5) is 5.69 Å². The van der Waals surface area contributed by atoms with Crippen LogP contribution in [-0.4, -0.2) is 7.05 Å². The van der Waals surface area contributed by atoms with Gasteiger partial charge in [-0.15, -0.1) is 0 Å². The van der Waals surface area contributed by atoms with E-state index in [1.807, 2.05) is 0 Å². The lowest BCUT2D eigenvalue weighted by atomic mass is 10.3. The highest BCUT2D eigenvalue weighted by molar-refractivity contribution is 6.35. The molecule has 3 heteroatoms. The highest BCUT2D eigenvalue weighted by atomic mass is 35.5. The van der Waals surface area contributed by atoms with Crippen molar-refractivity contribution in [3.05, 3.63) is 28.2 Å². The molecule has 0 saturated carbocycles. The summed E-state index contributed by atoms with van der Waals surface area (Å²) in [5.41, 5.74) is 0.856. The summed E-state index contributed by atoms with van der Waals surface area (Å²) in [6.45, 7) is 0. The Labute approximate surface area is 70.0 Å². The number of benzene rings is 1. The van der Waals surface area contributed by atoms with Gasteiger partial charge >= 0.3 is 0 Å². The van der Waals surface area contributed by atoms with Crippen LogP contribution in [0.1, 0.15) is 0 Å². The smallest absolute Gasteiger partial charge is 0.0638 e. The Kier molecular flexibility index (Phi) is 2.41. The first kappa shape index (κ1) is 7.70. The van der Waals surface area contributed by atoms with Gasteiger partial charge in [0.05, 0.1) is 10.7 Å².